The van der Waals surface area contributed by atoms with Gasteiger partial charge >= 0.3 is 0 Å². The first-order valence-corrected chi connectivity index (χ1v) is 7.93. The topological polar surface area (TPSA) is 72.3 Å². The molecule has 0 atom stereocenters. The highest BCUT2D eigenvalue weighted by atomic mass is 79.9. The molecule has 0 aromatic heterocycles. The summed E-state index contributed by atoms with van der Waals surface area (Å²) in [6.07, 6.45) is 4.41. The first kappa shape index (κ1) is 15.3. The molecule has 5 heteroatoms. The van der Waals surface area contributed by atoms with Crippen molar-refractivity contribution < 1.29 is 4.79 Å². The summed E-state index contributed by atoms with van der Waals surface area (Å²) in [4.78, 5) is 13.6. The Morgan fingerprint density at radius 3 is 2.50 bits per heavy atom. The fraction of sp³-hybridized carbons (Fsp3) is 0.533. The number of anilines is 1. The van der Waals surface area contributed by atoms with Gasteiger partial charge in [0.25, 0.3) is 0 Å². The van der Waals surface area contributed by atoms with Crippen LogP contribution >= 0.6 is 15.9 Å². The molecule has 1 saturated carbocycles. The predicted molar refractivity (Wildman–Crippen MR) is 85.9 cm³/mol. The van der Waals surface area contributed by atoms with Crippen LogP contribution in [0, 0.1) is 0 Å². The molecule has 0 bridgehead atoms. The maximum absolute atomic E-state index is 11.2. The van der Waals surface area contributed by atoms with Gasteiger partial charge in [0.15, 0.2) is 0 Å². The Kier molecular flexibility index (Phi) is 5.05. The molecule has 2 rings (SSSR count). The van der Waals surface area contributed by atoms with E-state index >= 15 is 0 Å². The molecule has 1 aromatic carbocycles. The summed E-state index contributed by atoms with van der Waals surface area (Å²) in [5.41, 5.74) is 12.9. The van der Waals surface area contributed by atoms with Crippen LogP contribution in [-0.2, 0) is 0 Å². The molecule has 4 nitrogen and oxygen atoms in total. The lowest BCUT2D eigenvalue weighted by molar-refractivity contribution is 0.100. The maximum atomic E-state index is 11.2. The third kappa shape index (κ3) is 3.33. The third-order valence-electron chi connectivity index (χ3n) is 4.06. The van der Waals surface area contributed by atoms with Gasteiger partial charge in [-0.15, -0.1) is 0 Å². The molecule has 0 unspecified atom stereocenters. The van der Waals surface area contributed by atoms with E-state index in [4.69, 9.17) is 11.5 Å². The molecular weight excluding hydrogens is 318 g/mol. The molecule has 110 valence electrons. The van der Waals surface area contributed by atoms with Crippen LogP contribution in [-0.4, -0.2) is 24.5 Å². The van der Waals surface area contributed by atoms with Crippen molar-refractivity contribution in [2.75, 3.05) is 11.4 Å². The first-order valence-electron chi connectivity index (χ1n) is 7.14. The van der Waals surface area contributed by atoms with Gasteiger partial charge in [0, 0.05) is 28.7 Å². The van der Waals surface area contributed by atoms with Gasteiger partial charge in [0.2, 0.25) is 5.91 Å². The van der Waals surface area contributed by atoms with Crippen LogP contribution in [0.5, 0.6) is 0 Å². The molecule has 20 heavy (non-hydrogen) atoms. The number of hydrogen-bond acceptors (Lipinski definition) is 3. The van der Waals surface area contributed by atoms with E-state index in [1.165, 1.54) is 0 Å². The van der Waals surface area contributed by atoms with Crippen molar-refractivity contribution in [1.82, 2.24) is 0 Å². The van der Waals surface area contributed by atoms with E-state index in [-0.39, 0.29) is 0 Å². The second kappa shape index (κ2) is 6.59. The smallest absolute Gasteiger partial charge is 0.248 e. The third-order valence-corrected chi connectivity index (χ3v) is 4.70. The summed E-state index contributed by atoms with van der Waals surface area (Å²) in [6.45, 7) is 3.09. The van der Waals surface area contributed by atoms with Crippen molar-refractivity contribution in [2.24, 2.45) is 11.5 Å². The van der Waals surface area contributed by atoms with E-state index in [0.717, 1.165) is 42.4 Å². The molecule has 4 N–H and O–H groups in total. The molecule has 1 aromatic rings. The number of nitrogens with zero attached hydrogens (tertiary/aromatic N) is 1. The van der Waals surface area contributed by atoms with Crippen LogP contribution in [0.2, 0.25) is 0 Å². The minimum Gasteiger partial charge on any atom is -0.368 e. The van der Waals surface area contributed by atoms with Crippen LogP contribution in [0.1, 0.15) is 43.0 Å². The summed E-state index contributed by atoms with van der Waals surface area (Å²) in [6, 6.07) is 6.44. The maximum Gasteiger partial charge on any atom is 0.248 e. The second-order valence-corrected chi connectivity index (χ2v) is 6.24. The lowest BCUT2D eigenvalue weighted by Crippen LogP contribution is -2.41. The molecule has 0 saturated heterocycles. The Bertz CT molecular complexity index is 484. The van der Waals surface area contributed by atoms with Crippen molar-refractivity contribution in [2.45, 2.75) is 44.7 Å². The van der Waals surface area contributed by atoms with E-state index in [9.17, 15) is 4.79 Å². The quantitative estimate of drug-likeness (QED) is 0.885. The normalized spacial score (nSPS) is 22.6. The van der Waals surface area contributed by atoms with Gasteiger partial charge in [-0.25, -0.2) is 0 Å². The van der Waals surface area contributed by atoms with Crippen molar-refractivity contribution in [3.8, 4) is 0 Å². The van der Waals surface area contributed by atoms with Crippen LogP contribution in [0.4, 0.5) is 5.69 Å². The summed E-state index contributed by atoms with van der Waals surface area (Å²) in [7, 11) is 0. The van der Waals surface area contributed by atoms with Crippen LogP contribution < -0.4 is 16.4 Å². The minimum absolute atomic E-state index is 0.352. The highest BCUT2D eigenvalue weighted by molar-refractivity contribution is 9.10. The molecule has 0 radical (unpaired) electrons. The SMILES string of the molecule is CCN(c1ccc(C(N)=O)cc1Br)C1CCC(N)CC1. The Morgan fingerprint density at radius 1 is 1.35 bits per heavy atom. The Hall–Kier alpha value is -1.07. The van der Waals surface area contributed by atoms with Gasteiger partial charge in [0.05, 0.1) is 5.69 Å². The molecule has 0 aliphatic heterocycles. The highest BCUT2D eigenvalue weighted by Gasteiger charge is 2.24. The van der Waals surface area contributed by atoms with E-state index in [1.54, 1.807) is 12.1 Å². The van der Waals surface area contributed by atoms with Crippen molar-refractivity contribution in [1.29, 1.82) is 0 Å². The number of amides is 1. The van der Waals surface area contributed by atoms with Crippen LogP contribution in [0.25, 0.3) is 0 Å². The van der Waals surface area contributed by atoms with E-state index in [1.807, 2.05) is 6.07 Å². The average Bonchev–Trinajstić information content (AvgIpc) is 2.43. The zero-order valence-corrected chi connectivity index (χ0v) is 13.4. The Labute approximate surface area is 128 Å². The predicted octanol–water partition coefficient (Wildman–Crippen LogP) is 2.64. The van der Waals surface area contributed by atoms with Gasteiger partial charge in [-0.1, -0.05) is 0 Å². The Morgan fingerprint density at radius 2 is 2.00 bits per heavy atom. The summed E-state index contributed by atoms with van der Waals surface area (Å²) in [5.74, 6) is -0.399. The lowest BCUT2D eigenvalue weighted by Gasteiger charge is -2.37. The number of carbonyl (C=O) groups is 1. The van der Waals surface area contributed by atoms with Crippen LogP contribution in [0.15, 0.2) is 22.7 Å². The number of halogens is 1. The molecule has 1 aliphatic rings. The number of hydrogen-bond donors (Lipinski definition) is 2. The summed E-state index contributed by atoms with van der Waals surface area (Å²) < 4.78 is 0.922. The monoisotopic (exact) mass is 339 g/mol. The highest BCUT2D eigenvalue weighted by Crippen LogP contribution is 2.32. The number of benzene rings is 1. The van der Waals surface area contributed by atoms with Crippen molar-refractivity contribution in [3.05, 3.63) is 28.2 Å². The zero-order chi connectivity index (χ0) is 14.7. The lowest BCUT2D eigenvalue weighted by atomic mass is 9.90. The molecule has 1 fully saturated rings. The summed E-state index contributed by atoms with van der Waals surface area (Å²) >= 11 is 3.56. The van der Waals surface area contributed by atoms with Gasteiger partial charge in [-0.05, 0) is 66.7 Å². The Balaban J connectivity index is 2.21. The van der Waals surface area contributed by atoms with Gasteiger partial charge in [-0.3, -0.25) is 4.79 Å². The van der Waals surface area contributed by atoms with Gasteiger partial charge < -0.3 is 16.4 Å². The fourth-order valence-electron chi connectivity index (χ4n) is 2.93. The number of rotatable bonds is 4. The van der Waals surface area contributed by atoms with Gasteiger partial charge in [0.1, 0.15) is 0 Å². The zero-order valence-electron chi connectivity index (χ0n) is 11.8. The standard InChI is InChI=1S/C15H22BrN3O/c1-2-19(12-6-4-11(17)5-7-12)14-8-3-10(15(18)20)9-13(14)16/h3,8-9,11-12H,2,4-7,17H2,1H3,(H2,18,20). The van der Waals surface area contributed by atoms with E-state index in [0.29, 0.717) is 17.6 Å². The fourth-order valence-corrected chi connectivity index (χ4v) is 3.54. The minimum atomic E-state index is -0.399. The molecule has 0 spiro atoms. The molecular formula is C15H22BrN3O. The molecule has 0 heterocycles. The number of primary amides is 1. The first-order chi connectivity index (χ1) is 9.52. The second-order valence-electron chi connectivity index (χ2n) is 5.39. The molecule has 1 amide bonds. The van der Waals surface area contributed by atoms with Gasteiger partial charge in [-0.2, -0.15) is 0 Å². The van der Waals surface area contributed by atoms with E-state index in [2.05, 4.69) is 27.8 Å². The van der Waals surface area contributed by atoms with Crippen molar-refractivity contribution >= 4 is 27.5 Å². The van der Waals surface area contributed by atoms with Crippen molar-refractivity contribution in [3.63, 3.8) is 0 Å². The molecule has 1 aliphatic carbocycles. The summed E-state index contributed by atoms with van der Waals surface area (Å²) in [5, 5.41) is 0. The van der Waals surface area contributed by atoms with Crippen LogP contribution in [0.3, 0.4) is 0 Å². The largest absolute Gasteiger partial charge is 0.368 e. The number of carbonyl (C=O) groups excluding carboxylic acids is 1. The van der Waals surface area contributed by atoms with E-state index < -0.39 is 5.91 Å². The number of nitrogens with two attached hydrogens (primary N) is 2. The average molecular weight is 340 g/mol.